The van der Waals surface area contributed by atoms with E-state index < -0.39 is 0 Å². The van der Waals surface area contributed by atoms with Gasteiger partial charge in [0.1, 0.15) is 0 Å². The summed E-state index contributed by atoms with van der Waals surface area (Å²) in [6.07, 6.45) is 8.10. The molecule has 0 spiro atoms. The van der Waals surface area contributed by atoms with E-state index in [1.807, 2.05) is 12.4 Å². The monoisotopic (exact) mass is 188 g/mol. The number of piperidine rings is 1. The quantitative estimate of drug-likeness (QED) is 0.672. The molecule has 2 nitrogen and oxygen atoms in total. The predicted molar refractivity (Wildman–Crippen MR) is 55.9 cm³/mol. The average Bonchev–Trinajstić information content (AvgIpc) is 2.50. The molecule has 1 aromatic rings. The highest BCUT2D eigenvalue weighted by Gasteiger charge is 2.37. The normalized spacial score (nSPS) is 35.9. The molecule has 0 aliphatic carbocycles. The van der Waals surface area contributed by atoms with Crippen LogP contribution in [-0.2, 0) is 0 Å². The number of hydrogen-bond donors (Lipinski definition) is 0. The summed E-state index contributed by atoms with van der Waals surface area (Å²) in [5, 5.41) is 0. The molecule has 2 saturated heterocycles. The molecular formula is C12H16N2. The van der Waals surface area contributed by atoms with Crippen molar-refractivity contribution in [3.05, 3.63) is 30.1 Å². The molecule has 0 saturated carbocycles. The number of fused-ring (bicyclic) bond motifs is 2. The number of pyridine rings is 1. The van der Waals surface area contributed by atoms with Crippen LogP contribution in [0.5, 0.6) is 0 Å². The van der Waals surface area contributed by atoms with Crippen LogP contribution in [0.3, 0.4) is 0 Å². The Balaban J connectivity index is 1.92. The van der Waals surface area contributed by atoms with Crippen LogP contribution >= 0.6 is 0 Å². The minimum absolute atomic E-state index is 0.678. The van der Waals surface area contributed by atoms with Crippen LogP contribution in [0.4, 0.5) is 0 Å². The van der Waals surface area contributed by atoms with Gasteiger partial charge in [0.2, 0.25) is 0 Å². The maximum atomic E-state index is 4.23. The Morgan fingerprint density at radius 3 is 3.07 bits per heavy atom. The second kappa shape index (κ2) is 3.35. The van der Waals surface area contributed by atoms with E-state index in [9.17, 15) is 0 Å². The molecule has 0 amide bonds. The molecule has 1 aromatic heterocycles. The lowest BCUT2D eigenvalue weighted by molar-refractivity contribution is 0.177. The van der Waals surface area contributed by atoms with E-state index in [-0.39, 0.29) is 0 Å². The summed E-state index contributed by atoms with van der Waals surface area (Å²) in [4.78, 5) is 6.86. The largest absolute Gasteiger partial charge is 0.296 e. The minimum Gasteiger partial charge on any atom is -0.296 e. The van der Waals surface area contributed by atoms with Gasteiger partial charge in [-0.2, -0.15) is 0 Å². The molecule has 74 valence electrons. The molecular weight excluding hydrogens is 172 g/mol. The van der Waals surface area contributed by atoms with E-state index in [1.165, 1.54) is 37.9 Å². The van der Waals surface area contributed by atoms with Gasteiger partial charge in [-0.05, 0) is 49.9 Å². The SMILES string of the molecule is c1cncc(C2C3CCCN2CC3)c1. The molecule has 0 aromatic carbocycles. The Labute approximate surface area is 85.0 Å². The van der Waals surface area contributed by atoms with Crippen molar-refractivity contribution in [2.45, 2.75) is 25.3 Å². The van der Waals surface area contributed by atoms with Crippen molar-refractivity contribution in [2.24, 2.45) is 5.92 Å². The van der Waals surface area contributed by atoms with Crippen molar-refractivity contribution in [2.75, 3.05) is 13.1 Å². The molecule has 0 radical (unpaired) electrons. The third kappa shape index (κ3) is 1.25. The number of rotatable bonds is 1. The van der Waals surface area contributed by atoms with Crippen LogP contribution in [0.25, 0.3) is 0 Å². The summed E-state index contributed by atoms with van der Waals surface area (Å²) >= 11 is 0. The van der Waals surface area contributed by atoms with Gasteiger partial charge in [-0.1, -0.05) is 6.07 Å². The van der Waals surface area contributed by atoms with Crippen LogP contribution in [0, 0.1) is 5.92 Å². The number of aromatic nitrogens is 1. The summed E-state index contributed by atoms with van der Waals surface area (Å²) in [6.45, 7) is 2.58. The lowest BCUT2D eigenvalue weighted by Crippen LogP contribution is -2.30. The van der Waals surface area contributed by atoms with Crippen LogP contribution < -0.4 is 0 Å². The van der Waals surface area contributed by atoms with Gasteiger partial charge < -0.3 is 0 Å². The van der Waals surface area contributed by atoms with Crippen molar-refractivity contribution in [1.82, 2.24) is 9.88 Å². The molecule has 3 atom stereocenters. The summed E-state index contributed by atoms with van der Waals surface area (Å²) in [7, 11) is 0. The number of hydrogen-bond acceptors (Lipinski definition) is 2. The summed E-state index contributed by atoms with van der Waals surface area (Å²) in [5.74, 6) is 0.896. The van der Waals surface area contributed by atoms with Gasteiger partial charge in [0.25, 0.3) is 0 Å². The molecule has 2 aliphatic heterocycles. The highest BCUT2D eigenvalue weighted by molar-refractivity contribution is 5.17. The van der Waals surface area contributed by atoms with Crippen LogP contribution in [0.1, 0.15) is 30.9 Å². The van der Waals surface area contributed by atoms with Gasteiger partial charge in [-0.25, -0.2) is 0 Å². The van der Waals surface area contributed by atoms with Gasteiger partial charge in [-0.15, -0.1) is 0 Å². The fourth-order valence-corrected chi connectivity index (χ4v) is 3.07. The maximum Gasteiger partial charge on any atom is 0.0392 e. The van der Waals surface area contributed by atoms with Gasteiger partial charge in [0.05, 0.1) is 0 Å². The summed E-state index contributed by atoms with van der Waals surface area (Å²) < 4.78 is 0. The third-order valence-electron chi connectivity index (χ3n) is 3.67. The zero-order valence-corrected chi connectivity index (χ0v) is 8.39. The fourth-order valence-electron chi connectivity index (χ4n) is 3.07. The number of nitrogens with zero attached hydrogens (tertiary/aromatic N) is 2. The van der Waals surface area contributed by atoms with Gasteiger partial charge in [-0.3, -0.25) is 9.88 Å². The second-order valence-electron chi connectivity index (χ2n) is 4.46. The van der Waals surface area contributed by atoms with Gasteiger partial charge in [0.15, 0.2) is 0 Å². The van der Waals surface area contributed by atoms with E-state index in [0.717, 1.165) is 5.92 Å². The molecule has 14 heavy (non-hydrogen) atoms. The van der Waals surface area contributed by atoms with Crippen molar-refractivity contribution in [1.29, 1.82) is 0 Å². The third-order valence-corrected chi connectivity index (χ3v) is 3.67. The first-order valence-electron chi connectivity index (χ1n) is 5.59. The predicted octanol–water partition coefficient (Wildman–Crippen LogP) is 2.24. The first kappa shape index (κ1) is 8.42. The topological polar surface area (TPSA) is 16.1 Å². The smallest absolute Gasteiger partial charge is 0.0392 e. The molecule has 0 N–H and O–H groups in total. The molecule has 3 heterocycles. The second-order valence-corrected chi connectivity index (χ2v) is 4.46. The van der Waals surface area contributed by atoms with E-state index in [2.05, 4.69) is 22.0 Å². The highest BCUT2D eigenvalue weighted by Crippen LogP contribution is 2.42. The van der Waals surface area contributed by atoms with E-state index in [1.54, 1.807) is 0 Å². The highest BCUT2D eigenvalue weighted by atomic mass is 15.2. The fraction of sp³-hybridized carbons (Fsp3) is 0.583. The van der Waals surface area contributed by atoms with Crippen LogP contribution in [0.2, 0.25) is 0 Å². The molecule has 3 rings (SSSR count). The standard InChI is InChI=1S/C12H16N2/c1-3-11(9-13-6-1)12-10-4-2-7-14(12)8-5-10/h1,3,6,9-10,12H,2,4-5,7-8H2. The van der Waals surface area contributed by atoms with Crippen LogP contribution in [0.15, 0.2) is 24.5 Å². The van der Waals surface area contributed by atoms with E-state index in [4.69, 9.17) is 0 Å². The molecule has 2 fully saturated rings. The zero-order chi connectivity index (χ0) is 9.38. The first-order chi connectivity index (χ1) is 6.95. The van der Waals surface area contributed by atoms with Crippen molar-refractivity contribution in [3.8, 4) is 0 Å². The molecule has 2 bridgehead atoms. The minimum atomic E-state index is 0.678. The first-order valence-corrected chi connectivity index (χ1v) is 5.59. The van der Waals surface area contributed by atoms with E-state index >= 15 is 0 Å². The van der Waals surface area contributed by atoms with Gasteiger partial charge >= 0.3 is 0 Å². The average molecular weight is 188 g/mol. The maximum absolute atomic E-state index is 4.23. The van der Waals surface area contributed by atoms with Crippen molar-refractivity contribution < 1.29 is 0 Å². The molecule has 2 heteroatoms. The lowest BCUT2D eigenvalue weighted by Gasteiger charge is -2.32. The van der Waals surface area contributed by atoms with Crippen molar-refractivity contribution >= 4 is 0 Å². The molecule has 3 unspecified atom stereocenters. The summed E-state index contributed by atoms with van der Waals surface area (Å²) in [6, 6.07) is 4.97. The summed E-state index contributed by atoms with van der Waals surface area (Å²) in [5.41, 5.74) is 1.43. The Kier molecular flexibility index (Phi) is 2.02. The molecule has 2 aliphatic rings. The van der Waals surface area contributed by atoms with Crippen molar-refractivity contribution in [3.63, 3.8) is 0 Å². The van der Waals surface area contributed by atoms with Gasteiger partial charge in [0, 0.05) is 18.4 Å². The Morgan fingerprint density at radius 1 is 1.29 bits per heavy atom. The zero-order valence-electron chi connectivity index (χ0n) is 8.39. The Bertz CT molecular complexity index is 293. The Morgan fingerprint density at radius 2 is 2.29 bits per heavy atom. The van der Waals surface area contributed by atoms with E-state index in [0.29, 0.717) is 6.04 Å². The Hall–Kier alpha value is -0.890. The van der Waals surface area contributed by atoms with Crippen LogP contribution in [-0.4, -0.2) is 23.0 Å². The lowest BCUT2D eigenvalue weighted by atomic mass is 9.88.